The third-order valence-electron chi connectivity index (χ3n) is 2.67. The molecule has 0 aliphatic carbocycles. The minimum Gasteiger partial charge on any atom is -0.349 e. The average molecular weight is 309 g/mol. The van der Waals surface area contributed by atoms with E-state index in [1.54, 1.807) is 18.7 Å². The van der Waals surface area contributed by atoms with Crippen LogP contribution in [0.15, 0.2) is 18.2 Å². The molecule has 20 heavy (non-hydrogen) atoms. The fraction of sp³-hybridized carbons (Fsp3) is 0.462. The summed E-state index contributed by atoms with van der Waals surface area (Å²) < 4.78 is 51.1. The molecule has 0 aromatic heterocycles. The molecule has 2 nitrogen and oxygen atoms in total. The van der Waals surface area contributed by atoms with E-state index in [2.05, 4.69) is 5.32 Å². The lowest BCUT2D eigenvalue weighted by molar-refractivity contribution is -0.137. The van der Waals surface area contributed by atoms with Crippen molar-refractivity contribution in [3.63, 3.8) is 0 Å². The highest BCUT2D eigenvalue weighted by molar-refractivity contribution is 7.98. The molecule has 0 spiro atoms. The van der Waals surface area contributed by atoms with Gasteiger partial charge in [0.1, 0.15) is 5.82 Å². The average Bonchev–Trinajstić information content (AvgIpc) is 2.35. The molecular weight excluding hydrogens is 294 g/mol. The lowest BCUT2D eigenvalue weighted by Gasteiger charge is -2.14. The quantitative estimate of drug-likeness (QED) is 0.840. The van der Waals surface area contributed by atoms with Gasteiger partial charge in [0.05, 0.1) is 11.1 Å². The van der Waals surface area contributed by atoms with E-state index < -0.39 is 29.0 Å². The van der Waals surface area contributed by atoms with Crippen molar-refractivity contribution in [1.29, 1.82) is 0 Å². The van der Waals surface area contributed by atoms with Gasteiger partial charge in [0, 0.05) is 6.04 Å². The predicted molar refractivity (Wildman–Crippen MR) is 71.3 cm³/mol. The van der Waals surface area contributed by atoms with Gasteiger partial charge in [-0.15, -0.1) is 0 Å². The van der Waals surface area contributed by atoms with Gasteiger partial charge in [-0.05, 0) is 43.6 Å². The Morgan fingerprint density at radius 3 is 2.60 bits per heavy atom. The molecule has 0 aliphatic rings. The van der Waals surface area contributed by atoms with E-state index in [0.717, 1.165) is 5.75 Å². The monoisotopic (exact) mass is 309 g/mol. The zero-order valence-electron chi connectivity index (χ0n) is 11.1. The van der Waals surface area contributed by atoms with E-state index in [4.69, 9.17) is 0 Å². The summed E-state index contributed by atoms with van der Waals surface area (Å²) in [4.78, 5) is 11.8. The standard InChI is InChI=1S/C13H15F4NOS/c1-8(5-6-20-2)18-12(19)10-7-9(13(15,16)17)3-4-11(10)14/h3-4,7-8H,5-6H2,1-2H3,(H,18,19). The Hall–Kier alpha value is -1.24. The van der Waals surface area contributed by atoms with Crippen molar-refractivity contribution >= 4 is 17.7 Å². The van der Waals surface area contributed by atoms with Crippen molar-refractivity contribution in [1.82, 2.24) is 5.32 Å². The molecule has 0 radical (unpaired) electrons. The summed E-state index contributed by atoms with van der Waals surface area (Å²) in [5, 5.41) is 2.49. The summed E-state index contributed by atoms with van der Waals surface area (Å²) in [7, 11) is 0. The zero-order chi connectivity index (χ0) is 15.3. The predicted octanol–water partition coefficient (Wildman–Crippen LogP) is 3.72. The second-order valence-corrected chi connectivity index (χ2v) is 5.33. The van der Waals surface area contributed by atoms with Gasteiger partial charge in [-0.2, -0.15) is 24.9 Å². The lowest BCUT2D eigenvalue weighted by atomic mass is 10.1. The number of halogens is 4. The molecule has 0 saturated carbocycles. The molecule has 1 amide bonds. The highest BCUT2D eigenvalue weighted by Gasteiger charge is 2.32. The highest BCUT2D eigenvalue weighted by atomic mass is 32.2. The first-order chi connectivity index (χ1) is 9.25. The van der Waals surface area contributed by atoms with E-state index >= 15 is 0 Å². The SMILES string of the molecule is CSCCC(C)NC(=O)c1cc(C(F)(F)F)ccc1F. The molecule has 0 aliphatic heterocycles. The Morgan fingerprint density at radius 1 is 1.40 bits per heavy atom. The van der Waals surface area contributed by atoms with Gasteiger partial charge >= 0.3 is 6.18 Å². The van der Waals surface area contributed by atoms with Crippen LogP contribution < -0.4 is 5.32 Å². The number of alkyl halides is 3. The number of nitrogens with one attached hydrogen (secondary N) is 1. The van der Waals surface area contributed by atoms with E-state index in [1.165, 1.54) is 0 Å². The Balaban J connectivity index is 2.87. The fourth-order valence-electron chi connectivity index (χ4n) is 1.54. The summed E-state index contributed by atoms with van der Waals surface area (Å²) in [6.45, 7) is 1.72. The Bertz CT molecular complexity index is 476. The molecule has 1 rings (SSSR count). The Morgan fingerprint density at radius 2 is 2.05 bits per heavy atom. The minimum absolute atomic E-state index is 0.233. The van der Waals surface area contributed by atoms with E-state index in [-0.39, 0.29) is 6.04 Å². The molecule has 1 aromatic carbocycles. The summed E-state index contributed by atoms with van der Waals surface area (Å²) in [6.07, 6.45) is -2.04. The van der Waals surface area contributed by atoms with Crippen molar-refractivity contribution in [2.24, 2.45) is 0 Å². The van der Waals surface area contributed by atoms with Crippen molar-refractivity contribution < 1.29 is 22.4 Å². The van der Waals surface area contributed by atoms with Crippen LogP contribution in [0.3, 0.4) is 0 Å². The van der Waals surface area contributed by atoms with Crippen molar-refractivity contribution in [3.05, 3.63) is 35.1 Å². The molecule has 0 heterocycles. The van der Waals surface area contributed by atoms with Crippen LogP contribution in [0, 0.1) is 5.82 Å². The largest absolute Gasteiger partial charge is 0.416 e. The van der Waals surface area contributed by atoms with Crippen molar-refractivity contribution in [2.45, 2.75) is 25.6 Å². The van der Waals surface area contributed by atoms with Gasteiger partial charge < -0.3 is 5.32 Å². The van der Waals surface area contributed by atoms with Crippen LogP contribution in [-0.2, 0) is 6.18 Å². The number of hydrogen-bond donors (Lipinski definition) is 1. The van der Waals surface area contributed by atoms with Crippen LogP contribution in [0.2, 0.25) is 0 Å². The first-order valence-electron chi connectivity index (χ1n) is 5.92. The van der Waals surface area contributed by atoms with Crippen LogP contribution in [0.25, 0.3) is 0 Å². The number of rotatable bonds is 5. The normalized spacial score (nSPS) is 13.1. The van der Waals surface area contributed by atoms with E-state index in [0.29, 0.717) is 24.6 Å². The van der Waals surface area contributed by atoms with Crippen LogP contribution >= 0.6 is 11.8 Å². The first-order valence-corrected chi connectivity index (χ1v) is 7.31. The third kappa shape index (κ3) is 4.70. The Kier molecular flexibility index (Phi) is 5.86. The number of thioether (sulfide) groups is 1. The number of benzene rings is 1. The van der Waals surface area contributed by atoms with Gasteiger partial charge in [0.15, 0.2) is 0 Å². The molecule has 1 N–H and O–H groups in total. The van der Waals surface area contributed by atoms with Crippen LogP contribution in [0.5, 0.6) is 0 Å². The van der Waals surface area contributed by atoms with E-state index in [1.807, 2.05) is 6.26 Å². The number of amides is 1. The maximum Gasteiger partial charge on any atom is 0.416 e. The summed E-state index contributed by atoms with van der Waals surface area (Å²) in [5.41, 5.74) is -1.63. The number of carbonyl (C=O) groups excluding carboxylic acids is 1. The summed E-state index contributed by atoms with van der Waals surface area (Å²) in [5.74, 6) is -0.998. The maximum absolute atomic E-state index is 13.5. The van der Waals surface area contributed by atoms with Gasteiger partial charge in [0.2, 0.25) is 0 Å². The Labute approximate surface area is 118 Å². The van der Waals surface area contributed by atoms with Crippen molar-refractivity contribution in [2.75, 3.05) is 12.0 Å². The van der Waals surface area contributed by atoms with Gasteiger partial charge in [-0.1, -0.05) is 0 Å². The second kappa shape index (κ2) is 6.97. The summed E-state index contributed by atoms with van der Waals surface area (Å²) >= 11 is 1.59. The summed E-state index contributed by atoms with van der Waals surface area (Å²) in [6, 6.07) is 1.57. The van der Waals surface area contributed by atoms with Crippen LogP contribution in [0.1, 0.15) is 29.3 Å². The first kappa shape index (κ1) is 16.8. The maximum atomic E-state index is 13.5. The topological polar surface area (TPSA) is 29.1 Å². The third-order valence-corrected chi connectivity index (χ3v) is 3.31. The molecule has 1 aromatic rings. The molecule has 1 unspecified atom stereocenters. The smallest absolute Gasteiger partial charge is 0.349 e. The van der Waals surface area contributed by atoms with Gasteiger partial charge in [-0.25, -0.2) is 4.39 Å². The van der Waals surface area contributed by atoms with E-state index in [9.17, 15) is 22.4 Å². The molecule has 0 saturated heterocycles. The molecule has 1 atom stereocenters. The second-order valence-electron chi connectivity index (χ2n) is 4.35. The van der Waals surface area contributed by atoms with Gasteiger partial charge in [0.25, 0.3) is 5.91 Å². The van der Waals surface area contributed by atoms with Crippen LogP contribution in [0.4, 0.5) is 17.6 Å². The molecule has 0 fully saturated rings. The molecule has 7 heteroatoms. The zero-order valence-corrected chi connectivity index (χ0v) is 11.9. The minimum atomic E-state index is -4.60. The molecular formula is C13H15F4NOS. The fourth-order valence-corrected chi connectivity index (χ4v) is 2.13. The lowest BCUT2D eigenvalue weighted by Crippen LogP contribution is -2.33. The number of carbonyl (C=O) groups is 1. The number of hydrogen-bond acceptors (Lipinski definition) is 2. The highest BCUT2D eigenvalue weighted by Crippen LogP contribution is 2.30. The van der Waals surface area contributed by atoms with Crippen LogP contribution in [-0.4, -0.2) is 24.0 Å². The molecule has 112 valence electrons. The molecule has 0 bridgehead atoms. The van der Waals surface area contributed by atoms with Crippen molar-refractivity contribution in [3.8, 4) is 0 Å². The van der Waals surface area contributed by atoms with Gasteiger partial charge in [-0.3, -0.25) is 4.79 Å².